The van der Waals surface area contributed by atoms with Crippen molar-refractivity contribution in [2.75, 3.05) is 5.32 Å². The highest BCUT2D eigenvalue weighted by Gasteiger charge is 2.10. The molecule has 3 N–H and O–H groups in total. The van der Waals surface area contributed by atoms with Crippen LogP contribution >= 0.6 is 12.2 Å². The van der Waals surface area contributed by atoms with Gasteiger partial charge in [-0.2, -0.15) is 0 Å². The highest BCUT2D eigenvalue weighted by atomic mass is 32.1. The molecule has 5 heteroatoms. The first-order chi connectivity index (χ1) is 8.31. The molecular formula is C13H18N2O2S. The molecule has 0 heterocycles. The SMILES string of the molecule is Cc1cc(O)c(NC(=S)NC(=O)C(C)C)cc1C. The minimum absolute atomic E-state index is 0.110. The highest BCUT2D eigenvalue weighted by Crippen LogP contribution is 2.26. The van der Waals surface area contributed by atoms with Gasteiger partial charge in [0, 0.05) is 5.92 Å². The van der Waals surface area contributed by atoms with Gasteiger partial charge in [0.15, 0.2) is 5.11 Å². The fourth-order valence-electron chi connectivity index (χ4n) is 1.31. The number of phenols is 1. The molecule has 0 spiro atoms. The number of nitrogens with one attached hydrogen (secondary N) is 2. The number of amides is 1. The molecule has 1 amide bonds. The third-order valence-electron chi connectivity index (χ3n) is 2.62. The van der Waals surface area contributed by atoms with E-state index < -0.39 is 0 Å². The maximum Gasteiger partial charge on any atom is 0.228 e. The number of carbonyl (C=O) groups is 1. The lowest BCUT2D eigenvalue weighted by Crippen LogP contribution is -2.36. The van der Waals surface area contributed by atoms with Crippen LogP contribution in [-0.4, -0.2) is 16.1 Å². The predicted molar refractivity (Wildman–Crippen MR) is 76.8 cm³/mol. The number of phenolic OH excluding ortho intramolecular Hbond substituents is 1. The van der Waals surface area contributed by atoms with E-state index in [-0.39, 0.29) is 22.7 Å². The average molecular weight is 266 g/mol. The first kappa shape index (κ1) is 14.4. The van der Waals surface area contributed by atoms with Gasteiger partial charge in [0.25, 0.3) is 0 Å². The van der Waals surface area contributed by atoms with Crippen LogP contribution in [0.15, 0.2) is 12.1 Å². The third-order valence-corrected chi connectivity index (χ3v) is 2.83. The summed E-state index contributed by atoms with van der Waals surface area (Å²) in [4.78, 5) is 11.4. The normalized spacial score (nSPS) is 10.3. The van der Waals surface area contributed by atoms with Crippen molar-refractivity contribution in [1.82, 2.24) is 5.32 Å². The number of aryl methyl sites for hydroxylation is 2. The van der Waals surface area contributed by atoms with Crippen LogP contribution < -0.4 is 10.6 Å². The molecule has 0 bridgehead atoms. The molecule has 0 atom stereocenters. The van der Waals surface area contributed by atoms with E-state index in [1.54, 1.807) is 26.0 Å². The minimum atomic E-state index is -0.157. The second kappa shape index (κ2) is 5.82. The molecule has 0 aromatic heterocycles. The van der Waals surface area contributed by atoms with E-state index in [0.29, 0.717) is 5.69 Å². The van der Waals surface area contributed by atoms with E-state index in [0.717, 1.165) is 11.1 Å². The largest absolute Gasteiger partial charge is 0.506 e. The quantitative estimate of drug-likeness (QED) is 0.568. The van der Waals surface area contributed by atoms with Gasteiger partial charge in [-0.3, -0.25) is 4.79 Å². The van der Waals surface area contributed by atoms with Gasteiger partial charge in [-0.25, -0.2) is 0 Å². The van der Waals surface area contributed by atoms with E-state index in [2.05, 4.69) is 10.6 Å². The highest BCUT2D eigenvalue weighted by molar-refractivity contribution is 7.80. The molecule has 0 saturated heterocycles. The Morgan fingerprint density at radius 3 is 2.39 bits per heavy atom. The first-order valence-electron chi connectivity index (χ1n) is 5.73. The fraction of sp³-hybridized carbons (Fsp3) is 0.385. The maximum absolute atomic E-state index is 11.4. The van der Waals surface area contributed by atoms with E-state index in [1.165, 1.54) is 0 Å². The van der Waals surface area contributed by atoms with E-state index in [9.17, 15) is 9.90 Å². The number of carbonyl (C=O) groups excluding carboxylic acids is 1. The molecule has 0 aliphatic rings. The minimum Gasteiger partial charge on any atom is -0.506 e. The molecule has 98 valence electrons. The monoisotopic (exact) mass is 266 g/mol. The van der Waals surface area contributed by atoms with Crippen molar-refractivity contribution < 1.29 is 9.90 Å². The van der Waals surface area contributed by atoms with Crippen LogP contribution in [0.2, 0.25) is 0 Å². The third kappa shape index (κ3) is 3.70. The van der Waals surface area contributed by atoms with E-state index >= 15 is 0 Å². The smallest absolute Gasteiger partial charge is 0.228 e. The molecular weight excluding hydrogens is 248 g/mol. The van der Waals surface area contributed by atoms with Gasteiger partial charge in [0.05, 0.1) is 5.69 Å². The van der Waals surface area contributed by atoms with Crippen LogP contribution in [0.5, 0.6) is 5.75 Å². The topological polar surface area (TPSA) is 61.4 Å². The predicted octanol–water partition coefficient (Wildman–Crippen LogP) is 2.48. The Hall–Kier alpha value is -1.62. The molecule has 0 aliphatic carbocycles. The second-order valence-corrected chi connectivity index (χ2v) is 4.96. The maximum atomic E-state index is 11.4. The second-order valence-electron chi connectivity index (χ2n) is 4.55. The van der Waals surface area contributed by atoms with Crippen molar-refractivity contribution in [3.63, 3.8) is 0 Å². The summed E-state index contributed by atoms with van der Waals surface area (Å²) in [6.07, 6.45) is 0. The zero-order chi connectivity index (χ0) is 13.9. The molecule has 4 nitrogen and oxygen atoms in total. The number of hydrogen-bond acceptors (Lipinski definition) is 3. The lowest BCUT2D eigenvalue weighted by molar-refractivity contribution is -0.122. The van der Waals surface area contributed by atoms with E-state index in [1.807, 2.05) is 13.8 Å². The van der Waals surface area contributed by atoms with Crippen LogP contribution in [0.3, 0.4) is 0 Å². The van der Waals surface area contributed by atoms with Gasteiger partial charge in [-0.1, -0.05) is 13.8 Å². The average Bonchev–Trinajstić information content (AvgIpc) is 2.25. The summed E-state index contributed by atoms with van der Waals surface area (Å²) in [6.45, 7) is 7.42. The Bertz CT molecular complexity index is 484. The van der Waals surface area contributed by atoms with Gasteiger partial charge in [0.2, 0.25) is 5.91 Å². The van der Waals surface area contributed by atoms with Crippen LogP contribution in [0.25, 0.3) is 0 Å². The fourth-order valence-corrected chi connectivity index (χ4v) is 1.52. The number of aromatic hydroxyl groups is 1. The zero-order valence-corrected chi connectivity index (χ0v) is 11.8. The van der Waals surface area contributed by atoms with Gasteiger partial charge in [0.1, 0.15) is 5.75 Å². The summed E-state index contributed by atoms with van der Waals surface area (Å²) < 4.78 is 0. The summed E-state index contributed by atoms with van der Waals surface area (Å²) in [6, 6.07) is 3.45. The molecule has 0 saturated carbocycles. The van der Waals surface area contributed by atoms with Gasteiger partial charge < -0.3 is 15.7 Å². The molecule has 1 rings (SSSR count). The van der Waals surface area contributed by atoms with Crippen molar-refractivity contribution in [2.24, 2.45) is 5.92 Å². The molecule has 0 unspecified atom stereocenters. The van der Waals surface area contributed by atoms with Gasteiger partial charge >= 0.3 is 0 Å². The van der Waals surface area contributed by atoms with Gasteiger partial charge in [-0.15, -0.1) is 0 Å². The first-order valence-corrected chi connectivity index (χ1v) is 6.14. The van der Waals surface area contributed by atoms with Crippen LogP contribution in [0, 0.1) is 19.8 Å². The number of benzene rings is 1. The number of hydrogen-bond donors (Lipinski definition) is 3. The van der Waals surface area contributed by atoms with Crippen LogP contribution in [0.1, 0.15) is 25.0 Å². The Labute approximate surface area is 112 Å². The van der Waals surface area contributed by atoms with E-state index in [4.69, 9.17) is 12.2 Å². The van der Waals surface area contributed by atoms with Crippen molar-refractivity contribution >= 4 is 28.9 Å². The number of thiocarbonyl (C=S) groups is 1. The molecule has 1 aromatic carbocycles. The molecule has 0 fully saturated rings. The Morgan fingerprint density at radius 1 is 1.28 bits per heavy atom. The molecule has 18 heavy (non-hydrogen) atoms. The summed E-state index contributed by atoms with van der Waals surface area (Å²) in [5, 5.41) is 15.3. The van der Waals surface area contributed by atoms with Crippen molar-refractivity contribution in [2.45, 2.75) is 27.7 Å². The van der Waals surface area contributed by atoms with Crippen LogP contribution in [0.4, 0.5) is 5.69 Å². The Balaban J connectivity index is 2.76. The zero-order valence-electron chi connectivity index (χ0n) is 11.0. The summed E-state index contributed by atoms with van der Waals surface area (Å²) in [7, 11) is 0. The summed E-state index contributed by atoms with van der Waals surface area (Å²) >= 11 is 5.01. The van der Waals surface area contributed by atoms with Crippen molar-refractivity contribution in [3.8, 4) is 5.75 Å². The summed E-state index contributed by atoms with van der Waals surface area (Å²) in [5.74, 6) is -0.187. The van der Waals surface area contributed by atoms with Crippen LogP contribution in [-0.2, 0) is 4.79 Å². The van der Waals surface area contributed by atoms with Gasteiger partial charge in [-0.05, 0) is 49.3 Å². The standard InChI is InChI=1S/C13H18N2O2S/c1-7(2)12(17)15-13(18)14-10-5-8(3)9(4)6-11(10)16/h5-7,16H,1-4H3,(H2,14,15,17,18). The molecule has 0 radical (unpaired) electrons. The summed E-state index contributed by atoms with van der Waals surface area (Å²) in [5.41, 5.74) is 2.52. The molecule has 1 aromatic rings. The Kier molecular flexibility index (Phi) is 4.67. The lowest BCUT2D eigenvalue weighted by Gasteiger charge is -2.13. The van der Waals surface area contributed by atoms with Crippen molar-refractivity contribution in [1.29, 1.82) is 0 Å². The Morgan fingerprint density at radius 2 is 1.83 bits per heavy atom. The lowest BCUT2D eigenvalue weighted by atomic mass is 10.1. The molecule has 0 aliphatic heterocycles. The van der Waals surface area contributed by atoms with Crippen molar-refractivity contribution in [3.05, 3.63) is 23.3 Å². The number of rotatable bonds is 2. The number of anilines is 1.